The van der Waals surface area contributed by atoms with Crippen LogP contribution in [0.4, 0.5) is 0 Å². The summed E-state index contributed by atoms with van der Waals surface area (Å²) < 4.78 is 2.90. The van der Waals surface area contributed by atoms with E-state index in [2.05, 4.69) is 26.4 Å². The Balaban J connectivity index is 2.33. The molecule has 0 saturated heterocycles. The molecule has 1 atom stereocenters. The molecule has 0 aromatic carbocycles. The molecule has 3 nitrogen and oxygen atoms in total. The number of nitrogens with zero attached hydrogens (tertiary/aromatic N) is 2. The van der Waals surface area contributed by atoms with Crippen molar-refractivity contribution in [3.63, 3.8) is 0 Å². The zero-order valence-electron chi connectivity index (χ0n) is 7.64. The molecular weight excluding hydrogens is 262 g/mol. The average Bonchev–Trinajstić information content (AvgIpc) is 2.73. The maximum atomic E-state index is 6.10. The van der Waals surface area contributed by atoms with E-state index >= 15 is 0 Å². The molecule has 74 valence electrons. The number of rotatable bonds is 2. The summed E-state index contributed by atoms with van der Waals surface area (Å²) in [5.41, 5.74) is 8.24. The van der Waals surface area contributed by atoms with Crippen molar-refractivity contribution < 1.29 is 0 Å². The van der Waals surface area contributed by atoms with Crippen LogP contribution in [0.25, 0.3) is 0 Å². The van der Waals surface area contributed by atoms with Crippen LogP contribution in [-0.2, 0) is 7.05 Å². The van der Waals surface area contributed by atoms with Gasteiger partial charge in [-0.2, -0.15) is 5.10 Å². The van der Waals surface area contributed by atoms with Gasteiger partial charge in [0.1, 0.15) is 0 Å². The first-order valence-electron chi connectivity index (χ1n) is 4.16. The van der Waals surface area contributed by atoms with Gasteiger partial charge in [0.15, 0.2) is 0 Å². The van der Waals surface area contributed by atoms with Gasteiger partial charge in [0.25, 0.3) is 0 Å². The Morgan fingerprint density at radius 1 is 1.64 bits per heavy atom. The summed E-state index contributed by atoms with van der Waals surface area (Å²) in [6.45, 7) is 0. The summed E-state index contributed by atoms with van der Waals surface area (Å²) in [6, 6.07) is 3.89. The number of aromatic nitrogens is 2. The Morgan fingerprint density at radius 2 is 2.43 bits per heavy atom. The number of thiophene rings is 1. The van der Waals surface area contributed by atoms with Crippen molar-refractivity contribution in [3.05, 3.63) is 38.8 Å². The van der Waals surface area contributed by atoms with Crippen LogP contribution >= 0.6 is 27.3 Å². The Morgan fingerprint density at radius 3 is 2.93 bits per heavy atom. The van der Waals surface area contributed by atoms with Crippen LogP contribution in [0.2, 0.25) is 0 Å². The lowest BCUT2D eigenvalue weighted by molar-refractivity contribution is 0.674. The number of halogens is 1. The van der Waals surface area contributed by atoms with Crippen molar-refractivity contribution in [2.24, 2.45) is 12.8 Å². The van der Waals surface area contributed by atoms with E-state index in [9.17, 15) is 0 Å². The number of hydrogen-bond acceptors (Lipinski definition) is 3. The molecule has 0 radical (unpaired) electrons. The maximum Gasteiger partial charge on any atom is 0.0731 e. The van der Waals surface area contributed by atoms with Crippen LogP contribution in [-0.4, -0.2) is 9.78 Å². The number of hydrogen-bond donors (Lipinski definition) is 1. The van der Waals surface area contributed by atoms with Crippen molar-refractivity contribution in [3.8, 4) is 0 Å². The molecule has 2 N–H and O–H groups in total. The van der Waals surface area contributed by atoms with Crippen LogP contribution in [0.3, 0.4) is 0 Å². The smallest absolute Gasteiger partial charge is 0.0731 e. The molecule has 0 amide bonds. The van der Waals surface area contributed by atoms with Gasteiger partial charge in [-0.05, 0) is 39.0 Å². The Bertz CT molecular complexity index is 435. The molecule has 0 aliphatic heterocycles. The second-order valence-corrected chi connectivity index (χ2v) is 5.33. The summed E-state index contributed by atoms with van der Waals surface area (Å²) in [5.74, 6) is 0. The minimum Gasteiger partial charge on any atom is -0.319 e. The van der Waals surface area contributed by atoms with Gasteiger partial charge in [-0.15, -0.1) is 11.3 Å². The van der Waals surface area contributed by atoms with Crippen LogP contribution < -0.4 is 5.73 Å². The molecule has 0 bridgehead atoms. The molecule has 0 aliphatic carbocycles. The van der Waals surface area contributed by atoms with E-state index in [1.807, 2.05) is 19.2 Å². The minimum absolute atomic E-state index is 0.0925. The lowest BCUT2D eigenvalue weighted by Crippen LogP contribution is -2.15. The zero-order valence-corrected chi connectivity index (χ0v) is 10.0. The third kappa shape index (κ3) is 1.75. The predicted molar refractivity (Wildman–Crippen MR) is 61.3 cm³/mol. The van der Waals surface area contributed by atoms with Crippen molar-refractivity contribution in [2.75, 3.05) is 0 Å². The third-order valence-corrected chi connectivity index (χ3v) is 3.65. The topological polar surface area (TPSA) is 43.8 Å². The van der Waals surface area contributed by atoms with E-state index in [0.29, 0.717) is 0 Å². The van der Waals surface area contributed by atoms with E-state index < -0.39 is 0 Å². The highest BCUT2D eigenvalue weighted by Crippen LogP contribution is 2.27. The second-order valence-electron chi connectivity index (χ2n) is 3.04. The van der Waals surface area contributed by atoms with Crippen molar-refractivity contribution in [2.45, 2.75) is 6.04 Å². The first-order chi connectivity index (χ1) is 6.68. The quantitative estimate of drug-likeness (QED) is 0.911. The molecule has 2 heterocycles. The standard InChI is InChI=1S/C9H10BrN3S/c1-13-7(2-3-12-13)9(11)6-4-8(10)14-5-6/h2-5,9H,11H2,1H3. The molecule has 5 heteroatoms. The highest BCUT2D eigenvalue weighted by molar-refractivity contribution is 9.11. The van der Waals surface area contributed by atoms with E-state index in [4.69, 9.17) is 5.73 Å². The Labute approximate surface area is 94.7 Å². The van der Waals surface area contributed by atoms with Crippen LogP contribution in [0.5, 0.6) is 0 Å². The minimum atomic E-state index is -0.0925. The molecule has 2 aromatic heterocycles. The highest BCUT2D eigenvalue weighted by Gasteiger charge is 2.13. The molecule has 0 fully saturated rings. The average molecular weight is 272 g/mol. The second kappa shape index (κ2) is 3.84. The molecule has 2 rings (SSSR count). The molecule has 1 unspecified atom stereocenters. The van der Waals surface area contributed by atoms with Crippen molar-refractivity contribution in [1.82, 2.24) is 9.78 Å². The van der Waals surface area contributed by atoms with E-state index in [1.54, 1.807) is 22.2 Å². The van der Waals surface area contributed by atoms with Crippen molar-refractivity contribution in [1.29, 1.82) is 0 Å². The summed E-state index contributed by atoms with van der Waals surface area (Å²) in [7, 11) is 1.90. The first-order valence-corrected chi connectivity index (χ1v) is 5.83. The first kappa shape index (κ1) is 9.89. The van der Waals surface area contributed by atoms with E-state index in [1.165, 1.54) is 0 Å². The fourth-order valence-corrected chi connectivity index (χ4v) is 2.56. The van der Waals surface area contributed by atoms with Gasteiger partial charge >= 0.3 is 0 Å². The highest BCUT2D eigenvalue weighted by atomic mass is 79.9. The molecule has 0 spiro atoms. The molecule has 2 aromatic rings. The van der Waals surface area contributed by atoms with E-state index in [-0.39, 0.29) is 6.04 Å². The van der Waals surface area contributed by atoms with Crippen molar-refractivity contribution >= 4 is 27.3 Å². The summed E-state index contributed by atoms with van der Waals surface area (Å²) >= 11 is 5.07. The largest absolute Gasteiger partial charge is 0.319 e. The lowest BCUT2D eigenvalue weighted by atomic mass is 10.1. The van der Waals surface area contributed by atoms with Crippen LogP contribution in [0.15, 0.2) is 27.5 Å². The molecular formula is C9H10BrN3S. The SMILES string of the molecule is Cn1nccc1C(N)c1csc(Br)c1. The summed E-state index contributed by atoms with van der Waals surface area (Å²) in [5, 5.41) is 6.16. The summed E-state index contributed by atoms with van der Waals surface area (Å²) in [6.07, 6.45) is 1.76. The maximum absolute atomic E-state index is 6.10. The third-order valence-electron chi connectivity index (χ3n) is 2.12. The Kier molecular flexibility index (Phi) is 2.71. The van der Waals surface area contributed by atoms with Gasteiger partial charge in [0.05, 0.1) is 15.5 Å². The van der Waals surface area contributed by atoms with Gasteiger partial charge in [-0.1, -0.05) is 0 Å². The predicted octanol–water partition coefficient (Wildman–Crippen LogP) is 2.29. The molecule has 0 saturated carbocycles. The monoisotopic (exact) mass is 271 g/mol. The van der Waals surface area contributed by atoms with Gasteiger partial charge in [0, 0.05) is 13.2 Å². The van der Waals surface area contributed by atoms with Crippen LogP contribution in [0, 0.1) is 0 Å². The summed E-state index contributed by atoms with van der Waals surface area (Å²) in [4.78, 5) is 0. The Hall–Kier alpha value is -0.650. The van der Waals surface area contributed by atoms with Gasteiger partial charge in [0.2, 0.25) is 0 Å². The van der Waals surface area contributed by atoms with Gasteiger partial charge < -0.3 is 5.73 Å². The zero-order chi connectivity index (χ0) is 10.1. The normalized spacial score (nSPS) is 13.1. The molecule has 0 aliphatic rings. The lowest BCUT2D eigenvalue weighted by Gasteiger charge is -2.09. The van der Waals surface area contributed by atoms with Gasteiger partial charge in [-0.3, -0.25) is 4.68 Å². The fourth-order valence-electron chi connectivity index (χ4n) is 1.35. The number of nitrogens with two attached hydrogens (primary N) is 1. The van der Waals surface area contributed by atoms with Gasteiger partial charge in [-0.25, -0.2) is 0 Å². The van der Waals surface area contributed by atoms with Crippen LogP contribution in [0.1, 0.15) is 17.3 Å². The fraction of sp³-hybridized carbons (Fsp3) is 0.222. The van der Waals surface area contributed by atoms with E-state index in [0.717, 1.165) is 15.0 Å². The molecule has 14 heavy (non-hydrogen) atoms. The number of aryl methyl sites for hydroxylation is 1.